The summed E-state index contributed by atoms with van der Waals surface area (Å²) in [6.45, 7) is 1.40. The molecule has 0 aliphatic carbocycles. The highest BCUT2D eigenvalue weighted by Gasteiger charge is 2.16. The lowest BCUT2D eigenvalue weighted by Gasteiger charge is -2.04. The van der Waals surface area contributed by atoms with E-state index in [2.05, 4.69) is 21.5 Å². The van der Waals surface area contributed by atoms with Crippen LogP contribution >= 0.6 is 0 Å². The van der Waals surface area contributed by atoms with Crippen molar-refractivity contribution in [3.05, 3.63) is 41.8 Å². The molecular weight excluding hydrogens is 280 g/mol. The summed E-state index contributed by atoms with van der Waals surface area (Å²) >= 11 is 0. The Balaban J connectivity index is 2.29. The van der Waals surface area contributed by atoms with Crippen molar-refractivity contribution in [1.29, 1.82) is 0 Å². The molecule has 0 amide bonds. The van der Waals surface area contributed by atoms with Crippen LogP contribution in [0.15, 0.2) is 39.8 Å². The van der Waals surface area contributed by atoms with Gasteiger partial charge in [-0.1, -0.05) is 17.9 Å². The summed E-state index contributed by atoms with van der Waals surface area (Å²) in [5, 5.41) is 8.63. The average molecular weight is 292 g/mol. The fourth-order valence-corrected chi connectivity index (χ4v) is 2.44. The molecule has 1 aromatic heterocycles. The number of oxazole rings is 1. The first-order valence-corrected chi connectivity index (χ1v) is 7.14. The summed E-state index contributed by atoms with van der Waals surface area (Å²) in [6, 6.07) is 5.96. The predicted molar refractivity (Wildman–Crippen MR) is 72.5 cm³/mol. The van der Waals surface area contributed by atoms with E-state index < -0.39 is 10.0 Å². The van der Waals surface area contributed by atoms with Gasteiger partial charge >= 0.3 is 6.01 Å². The monoisotopic (exact) mass is 292 g/mol. The molecule has 2 aromatic rings. The van der Waals surface area contributed by atoms with Crippen molar-refractivity contribution >= 4 is 16.0 Å². The van der Waals surface area contributed by atoms with E-state index in [1.807, 2.05) is 0 Å². The van der Waals surface area contributed by atoms with E-state index in [-0.39, 0.29) is 17.5 Å². The molecule has 0 bridgehead atoms. The first-order chi connectivity index (χ1) is 9.51. The Labute approximate surface area is 116 Å². The van der Waals surface area contributed by atoms with Crippen LogP contribution < -0.4 is 4.72 Å². The van der Waals surface area contributed by atoms with Gasteiger partial charge in [0.2, 0.25) is 0 Å². The van der Waals surface area contributed by atoms with Gasteiger partial charge in [-0.2, -0.15) is 4.98 Å². The highest BCUT2D eigenvalue weighted by molar-refractivity contribution is 7.92. The lowest BCUT2D eigenvalue weighted by molar-refractivity contribution is 0.350. The summed E-state index contributed by atoms with van der Waals surface area (Å²) < 4.78 is 31.4. The Morgan fingerprint density at radius 1 is 1.45 bits per heavy atom. The third-order valence-corrected chi connectivity index (χ3v) is 3.61. The molecule has 0 aliphatic rings. The maximum Gasteiger partial charge on any atom is 0.309 e. The van der Waals surface area contributed by atoms with Gasteiger partial charge in [-0.25, -0.2) is 13.1 Å². The Morgan fingerprint density at radius 3 is 2.90 bits per heavy atom. The first kappa shape index (κ1) is 14.1. The molecule has 0 aliphatic heterocycles. The molecule has 2 N–H and O–H groups in total. The third-order valence-electron chi connectivity index (χ3n) is 2.30. The van der Waals surface area contributed by atoms with Crippen LogP contribution in [0.2, 0.25) is 0 Å². The number of aliphatic hydroxyl groups excluding tert-OH is 1. The molecule has 7 heteroatoms. The Morgan fingerprint density at radius 2 is 2.25 bits per heavy atom. The van der Waals surface area contributed by atoms with Crippen LogP contribution in [0, 0.1) is 18.8 Å². The lowest BCUT2D eigenvalue weighted by Crippen LogP contribution is -2.13. The number of rotatable bonds is 3. The van der Waals surface area contributed by atoms with E-state index in [9.17, 15) is 8.42 Å². The molecule has 0 fully saturated rings. The molecule has 104 valence electrons. The molecule has 0 saturated heterocycles. The average Bonchev–Trinajstić information content (AvgIpc) is 2.81. The minimum absolute atomic E-state index is 0.0399. The summed E-state index contributed by atoms with van der Waals surface area (Å²) in [5.41, 5.74) is 1.07. The number of nitrogens with zero attached hydrogens (tertiary/aromatic N) is 1. The molecule has 0 unspecified atom stereocenters. The minimum atomic E-state index is -3.78. The largest absolute Gasteiger partial charge is 0.431 e. The molecule has 0 spiro atoms. The van der Waals surface area contributed by atoms with E-state index in [1.54, 1.807) is 19.1 Å². The maximum atomic E-state index is 12.1. The maximum absolute atomic E-state index is 12.1. The molecular formula is C13H12N2O4S. The minimum Gasteiger partial charge on any atom is -0.431 e. The summed E-state index contributed by atoms with van der Waals surface area (Å²) in [6.07, 6.45) is 1.35. The summed E-state index contributed by atoms with van der Waals surface area (Å²) in [7, 11) is -3.78. The second-order valence-electron chi connectivity index (χ2n) is 3.89. The topological polar surface area (TPSA) is 92.4 Å². The highest BCUT2D eigenvalue weighted by atomic mass is 32.2. The van der Waals surface area contributed by atoms with Gasteiger partial charge in [-0.15, -0.1) is 0 Å². The molecule has 1 aromatic carbocycles. The van der Waals surface area contributed by atoms with Gasteiger partial charge in [-0.05, 0) is 25.1 Å². The van der Waals surface area contributed by atoms with E-state index >= 15 is 0 Å². The van der Waals surface area contributed by atoms with Crippen molar-refractivity contribution in [3.63, 3.8) is 0 Å². The number of hydrogen-bond donors (Lipinski definition) is 2. The van der Waals surface area contributed by atoms with Crippen LogP contribution in [0.5, 0.6) is 0 Å². The number of benzene rings is 1. The van der Waals surface area contributed by atoms with Crippen LogP contribution in [0.4, 0.5) is 6.01 Å². The highest BCUT2D eigenvalue weighted by Crippen LogP contribution is 2.16. The zero-order valence-electron chi connectivity index (χ0n) is 10.6. The summed E-state index contributed by atoms with van der Waals surface area (Å²) in [5.74, 6) is 5.10. The van der Waals surface area contributed by atoms with Crippen LogP contribution in [0.1, 0.15) is 11.3 Å². The van der Waals surface area contributed by atoms with Gasteiger partial charge in [0, 0.05) is 5.56 Å². The van der Waals surface area contributed by atoms with Crippen molar-refractivity contribution in [1.82, 2.24) is 4.98 Å². The molecule has 1 heterocycles. The zero-order chi connectivity index (χ0) is 14.6. The van der Waals surface area contributed by atoms with E-state index in [0.717, 1.165) is 0 Å². The summed E-state index contributed by atoms with van der Waals surface area (Å²) in [4.78, 5) is 3.92. The van der Waals surface area contributed by atoms with E-state index in [0.29, 0.717) is 11.3 Å². The molecule has 0 saturated carbocycles. The second-order valence-corrected chi connectivity index (χ2v) is 5.57. The normalized spacial score (nSPS) is 10.7. The molecule has 0 radical (unpaired) electrons. The fourth-order valence-electron chi connectivity index (χ4n) is 1.46. The van der Waals surface area contributed by atoms with E-state index in [1.165, 1.54) is 18.4 Å². The number of sulfonamides is 1. The Hall–Kier alpha value is -2.30. The second kappa shape index (κ2) is 5.77. The van der Waals surface area contributed by atoms with Crippen molar-refractivity contribution in [3.8, 4) is 11.8 Å². The van der Waals surface area contributed by atoms with Crippen molar-refractivity contribution in [2.45, 2.75) is 11.8 Å². The van der Waals surface area contributed by atoms with Gasteiger partial charge < -0.3 is 9.52 Å². The first-order valence-electron chi connectivity index (χ1n) is 5.66. The smallest absolute Gasteiger partial charge is 0.309 e. The Bertz CT molecular complexity index is 769. The number of nitrogens with one attached hydrogen (secondary N) is 1. The number of aromatic nitrogens is 1. The molecule has 20 heavy (non-hydrogen) atoms. The predicted octanol–water partition coefficient (Wildman–Crippen LogP) is 1.13. The van der Waals surface area contributed by atoms with Gasteiger partial charge in [0.1, 0.15) is 12.9 Å². The van der Waals surface area contributed by atoms with Gasteiger partial charge in [0.15, 0.2) is 0 Å². The standard InChI is InChI=1S/C13H12N2O4S/c1-10-9-19-13(14-10)15-20(17,18)12-6-2-4-11(8-12)5-3-7-16/h2,4,6,8-9,16H,7H2,1H3,(H,14,15). The number of aryl methyl sites for hydroxylation is 1. The van der Waals surface area contributed by atoms with Gasteiger partial charge in [0.25, 0.3) is 10.0 Å². The van der Waals surface area contributed by atoms with Gasteiger partial charge in [0.05, 0.1) is 10.6 Å². The van der Waals surface area contributed by atoms with Crippen molar-refractivity contribution in [2.24, 2.45) is 0 Å². The van der Waals surface area contributed by atoms with Crippen molar-refractivity contribution in [2.75, 3.05) is 11.3 Å². The number of anilines is 1. The molecule has 6 nitrogen and oxygen atoms in total. The molecule has 0 atom stereocenters. The Kier molecular flexibility index (Phi) is 4.08. The zero-order valence-corrected chi connectivity index (χ0v) is 11.4. The van der Waals surface area contributed by atoms with Crippen LogP contribution in [-0.2, 0) is 10.0 Å². The van der Waals surface area contributed by atoms with Crippen LogP contribution in [0.3, 0.4) is 0 Å². The number of aliphatic hydroxyl groups is 1. The lowest BCUT2D eigenvalue weighted by atomic mass is 10.2. The van der Waals surface area contributed by atoms with Crippen LogP contribution in [0.25, 0.3) is 0 Å². The van der Waals surface area contributed by atoms with Crippen molar-refractivity contribution < 1.29 is 17.9 Å². The SMILES string of the molecule is Cc1coc(NS(=O)(=O)c2cccc(C#CCO)c2)n1. The third kappa shape index (κ3) is 3.38. The van der Waals surface area contributed by atoms with Gasteiger partial charge in [-0.3, -0.25) is 0 Å². The molecule has 2 rings (SSSR count). The fraction of sp³-hybridized carbons (Fsp3) is 0.154. The van der Waals surface area contributed by atoms with E-state index in [4.69, 9.17) is 9.52 Å². The quantitative estimate of drug-likeness (QED) is 0.827. The van der Waals surface area contributed by atoms with Crippen LogP contribution in [-0.4, -0.2) is 25.1 Å². The number of hydrogen-bond acceptors (Lipinski definition) is 5.